The van der Waals surface area contributed by atoms with E-state index in [0.717, 1.165) is 15.5 Å². The van der Waals surface area contributed by atoms with Crippen LogP contribution >= 0.6 is 94.2 Å². The summed E-state index contributed by atoms with van der Waals surface area (Å²) in [4.78, 5) is 58.3. The average molecular weight is 917 g/mol. The fourth-order valence-electron chi connectivity index (χ4n) is 4.28. The molecule has 12 nitrogen and oxygen atoms in total. The number of nitrogens with zero attached hydrogens (tertiary/aromatic N) is 7. The Bertz CT molecular complexity index is 2400. The van der Waals surface area contributed by atoms with Crippen molar-refractivity contribution in [2.75, 3.05) is 0 Å². The van der Waals surface area contributed by atoms with Crippen LogP contribution in [0.15, 0.2) is 65.0 Å². The first-order valence-electron chi connectivity index (χ1n) is 13.1. The summed E-state index contributed by atoms with van der Waals surface area (Å²) in [5, 5.41) is 2.81. The van der Waals surface area contributed by atoms with E-state index >= 15 is 0 Å². The minimum atomic E-state index is -0.465. The van der Waals surface area contributed by atoms with Gasteiger partial charge in [-0.3, -0.25) is 28.3 Å². The van der Waals surface area contributed by atoms with Gasteiger partial charge in [0.25, 0.3) is 11.1 Å². The Balaban J connectivity index is 0.000000177. The zero-order valence-corrected chi connectivity index (χ0v) is 32.6. The van der Waals surface area contributed by atoms with E-state index in [1.807, 2.05) is 12.1 Å². The molecule has 47 heavy (non-hydrogen) atoms. The quantitative estimate of drug-likeness (QED) is 0.167. The molecule has 4 heterocycles. The molecule has 6 rings (SSSR count). The molecular formula is C28H23Br3Cl4N8O4. The predicted molar refractivity (Wildman–Crippen MR) is 197 cm³/mol. The van der Waals surface area contributed by atoms with Gasteiger partial charge in [0.15, 0.2) is 31.8 Å². The van der Waals surface area contributed by atoms with Gasteiger partial charge >= 0.3 is 11.4 Å². The molecule has 0 aliphatic rings. The minimum Gasteiger partial charge on any atom is -0.316 e. The van der Waals surface area contributed by atoms with Crippen LogP contribution in [0.25, 0.3) is 22.3 Å². The molecule has 0 amide bonds. The van der Waals surface area contributed by atoms with Crippen LogP contribution in [0.4, 0.5) is 0 Å². The number of fused-ring (bicyclic) bond motifs is 2. The highest BCUT2D eigenvalue weighted by Crippen LogP contribution is 2.24. The van der Waals surface area contributed by atoms with E-state index in [0.29, 0.717) is 57.4 Å². The number of aryl methyl sites for hydroxylation is 4. The molecule has 0 atom stereocenters. The molecule has 1 N–H and O–H groups in total. The van der Waals surface area contributed by atoms with E-state index in [2.05, 4.69) is 62.7 Å². The maximum absolute atomic E-state index is 12.7. The lowest BCUT2D eigenvalue weighted by Gasteiger charge is -2.09. The maximum Gasteiger partial charge on any atom is 0.332 e. The number of aromatic amines is 1. The maximum atomic E-state index is 12.7. The van der Waals surface area contributed by atoms with E-state index in [1.54, 1.807) is 61.6 Å². The largest absolute Gasteiger partial charge is 0.332 e. The number of rotatable bonds is 3. The molecule has 0 saturated heterocycles. The van der Waals surface area contributed by atoms with Gasteiger partial charge in [0.2, 0.25) is 0 Å². The number of alkyl halides is 1. The second-order valence-corrected chi connectivity index (χ2v) is 13.5. The Morgan fingerprint density at radius 1 is 0.681 bits per heavy atom. The first-order valence-corrected chi connectivity index (χ1v) is 17.4. The standard InChI is InChI=1S/C14H11BrCl2N4O2.C7H5BrCl2.C7H7BrN4O2/c1-19-10-11(18-13(19)15)20(2)14(23)21(12(10)22)6-7-3-4-8(16)9(17)5-7;8-4-5-1-2-6(9)7(10)3-5;1-11-3-4(9-6(11)8)12(2)7(14)10-5(3)13/h3-5H,6H2,1-2H3;1-3H,4H2;1-2H3,(H,10,13,14). The average Bonchev–Trinajstić information content (AvgIpc) is 3.51. The molecule has 248 valence electrons. The van der Waals surface area contributed by atoms with Crippen molar-refractivity contribution in [2.45, 2.75) is 11.9 Å². The number of hydrogen-bond acceptors (Lipinski definition) is 6. The smallest absolute Gasteiger partial charge is 0.316 e. The van der Waals surface area contributed by atoms with Crippen LogP contribution in [0.1, 0.15) is 11.1 Å². The highest BCUT2D eigenvalue weighted by atomic mass is 79.9. The predicted octanol–water partition coefficient (Wildman–Crippen LogP) is 6.16. The number of hydrogen-bond donors (Lipinski definition) is 1. The van der Waals surface area contributed by atoms with Gasteiger partial charge < -0.3 is 9.13 Å². The van der Waals surface area contributed by atoms with Gasteiger partial charge in [0.05, 0.1) is 26.6 Å². The number of H-pyrrole nitrogens is 1. The number of benzene rings is 2. The Morgan fingerprint density at radius 2 is 1.17 bits per heavy atom. The topological polar surface area (TPSA) is 135 Å². The number of imidazole rings is 2. The zero-order valence-electron chi connectivity index (χ0n) is 24.8. The van der Waals surface area contributed by atoms with Crippen molar-refractivity contribution in [3.8, 4) is 0 Å². The Kier molecular flexibility index (Phi) is 12.1. The number of aromatic nitrogens is 8. The van der Waals surface area contributed by atoms with Crippen LogP contribution in [-0.2, 0) is 40.1 Å². The molecule has 0 aliphatic carbocycles. The van der Waals surface area contributed by atoms with E-state index in [9.17, 15) is 19.2 Å². The van der Waals surface area contributed by atoms with Crippen molar-refractivity contribution in [1.82, 2.24) is 37.8 Å². The lowest BCUT2D eigenvalue weighted by Crippen LogP contribution is -2.39. The molecule has 0 unspecified atom stereocenters. The van der Waals surface area contributed by atoms with Crippen LogP contribution in [0.5, 0.6) is 0 Å². The van der Waals surface area contributed by atoms with Gasteiger partial charge in [-0.1, -0.05) is 74.5 Å². The SMILES string of the molecule is Clc1ccc(CBr)cc1Cl.Cn1c(Br)nc2c1c(=O)[nH]c(=O)n2C.Cn1c(Br)nc2c1c(=O)n(Cc1ccc(Cl)c(Cl)c1)c(=O)n2C. The summed E-state index contributed by atoms with van der Waals surface area (Å²) >= 11 is 33.1. The third-order valence-corrected chi connectivity index (χ3v) is 10.4. The summed E-state index contributed by atoms with van der Waals surface area (Å²) in [5.74, 6) is 0. The summed E-state index contributed by atoms with van der Waals surface area (Å²) in [5.41, 5.74) is 1.52. The van der Waals surface area contributed by atoms with Crippen molar-refractivity contribution in [3.05, 3.63) is 119 Å². The fraction of sp³-hybridized carbons (Fsp3) is 0.214. The van der Waals surface area contributed by atoms with Crippen LogP contribution < -0.4 is 22.5 Å². The second kappa shape index (κ2) is 15.3. The zero-order chi connectivity index (χ0) is 34.9. The van der Waals surface area contributed by atoms with Gasteiger partial charge in [-0.25, -0.2) is 19.6 Å². The summed E-state index contributed by atoms with van der Waals surface area (Å²) in [7, 11) is 6.53. The van der Waals surface area contributed by atoms with E-state index in [1.165, 1.54) is 9.13 Å². The molecule has 0 spiro atoms. The van der Waals surface area contributed by atoms with Gasteiger partial charge in [0.1, 0.15) is 0 Å². The van der Waals surface area contributed by atoms with E-state index in [-0.39, 0.29) is 6.54 Å². The molecule has 0 saturated carbocycles. The molecule has 4 aromatic heterocycles. The van der Waals surface area contributed by atoms with Gasteiger partial charge in [-0.15, -0.1) is 0 Å². The lowest BCUT2D eigenvalue weighted by atomic mass is 10.2. The van der Waals surface area contributed by atoms with Crippen LogP contribution in [-0.4, -0.2) is 37.8 Å². The molecular weight excluding hydrogens is 894 g/mol. The molecule has 6 aromatic rings. The van der Waals surface area contributed by atoms with E-state index in [4.69, 9.17) is 46.4 Å². The monoisotopic (exact) mass is 912 g/mol. The molecule has 0 aliphatic heterocycles. The van der Waals surface area contributed by atoms with Crippen LogP contribution in [0.3, 0.4) is 0 Å². The third-order valence-electron chi connectivity index (χ3n) is 6.85. The van der Waals surface area contributed by atoms with Gasteiger partial charge in [-0.05, 0) is 67.3 Å². The fourth-order valence-corrected chi connectivity index (χ4v) is 5.96. The van der Waals surface area contributed by atoms with Gasteiger partial charge in [0, 0.05) is 33.5 Å². The highest BCUT2D eigenvalue weighted by molar-refractivity contribution is 9.10. The molecule has 0 radical (unpaired) electrons. The third kappa shape index (κ3) is 7.82. The second-order valence-electron chi connectivity index (χ2n) is 9.91. The van der Waals surface area contributed by atoms with E-state index < -0.39 is 22.5 Å². The number of nitrogens with one attached hydrogen (secondary N) is 1. The van der Waals surface area contributed by atoms with Crippen LogP contribution in [0.2, 0.25) is 20.1 Å². The summed E-state index contributed by atoms with van der Waals surface area (Å²) < 4.78 is 7.96. The minimum absolute atomic E-state index is 0.0983. The molecule has 0 bridgehead atoms. The van der Waals surface area contributed by atoms with Crippen molar-refractivity contribution < 1.29 is 0 Å². The van der Waals surface area contributed by atoms with Crippen molar-refractivity contribution in [2.24, 2.45) is 28.2 Å². The summed E-state index contributed by atoms with van der Waals surface area (Å²) in [6, 6.07) is 10.6. The first-order chi connectivity index (χ1) is 22.1. The molecule has 0 fully saturated rings. The van der Waals surface area contributed by atoms with Crippen LogP contribution in [0, 0.1) is 0 Å². The first kappa shape index (κ1) is 37.2. The molecule has 19 heteroatoms. The Labute approximate surface area is 310 Å². The highest BCUT2D eigenvalue weighted by Gasteiger charge is 2.18. The Morgan fingerprint density at radius 3 is 1.70 bits per heavy atom. The Hall–Kier alpha value is -2.66. The summed E-state index contributed by atoms with van der Waals surface area (Å²) in [6.07, 6.45) is 0. The molecule has 2 aromatic carbocycles. The lowest BCUT2D eigenvalue weighted by molar-refractivity contribution is 0.655. The van der Waals surface area contributed by atoms with Crippen molar-refractivity contribution in [3.63, 3.8) is 0 Å². The van der Waals surface area contributed by atoms with Gasteiger partial charge in [-0.2, -0.15) is 0 Å². The normalized spacial score (nSPS) is 11.0. The van der Waals surface area contributed by atoms with Crippen molar-refractivity contribution in [1.29, 1.82) is 0 Å². The summed E-state index contributed by atoms with van der Waals surface area (Å²) in [6.45, 7) is 0.0983. The van der Waals surface area contributed by atoms with Crippen molar-refractivity contribution >= 4 is 117 Å². The number of halogens is 7.